The first kappa shape index (κ1) is 19.7. The van der Waals surface area contributed by atoms with Crippen LogP contribution in [0.2, 0.25) is 0 Å². The van der Waals surface area contributed by atoms with E-state index in [1.807, 2.05) is 24.3 Å². The SMILES string of the molecule is COCc1ccc(-c2ncccc2S(=O)(=O)Nc2ncc(C)nc2OC)cc1. The fraction of sp³-hybridized carbons (Fsp3) is 0.211. The number of benzene rings is 1. The first-order valence-electron chi connectivity index (χ1n) is 8.38. The predicted octanol–water partition coefficient (Wildman–Crippen LogP) is 2.80. The van der Waals surface area contributed by atoms with Crippen LogP contribution in [0.5, 0.6) is 5.88 Å². The van der Waals surface area contributed by atoms with Crippen molar-refractivity contribution in [2.45, 2.75) is 18.4 Å². The molecule has 0 unspecified atom stereocenters. The third kappa shape index (κ3) is 4.26. The summed E-state index contributed by atoms with van der Waals surface area (Å²) in [6.07, 6.45) is 3.00. The van der Waals surface area contributed by atoms with Gasteiger partial charge in [-0.3, -0.25) is 9.71 Å². The van der Waals surface area contributed by atoms with Gasteiger partial charge in [0.25, 0.3) is 15.9 Å². The van der Waals surface area contributed by atoms with Crippen LogP contribution < -0.4 is 9.46 Å². The molecular weight excluding hydrogens is 380 g/mol. The molecule has 3 aromatic rings. The number of pyridine rings is 1. The van der Waals surface area contributed by atoms with E-state index >= 15 is 0 Å². The summed E-state index contributed by atoms with van der Waals surface area (Å²) in [6.45, 7) is 2.21. The van der Waals surface area contributed by atoms with Crippen molar-refractivity contribution in [3.8, 4) is 17.1 Å². The molecule has 0 aliphatic heterocycles. The average Bonchev–Trinajstić information content (AvgIpc) is 2.70. The van der Waals surface area contributed by atoms with Crippen LogP contribution in [-0.2, 0) is 21.4 Å². The number of hydrogen-bond acceptors (Lipinski definition) is 7. The maximum atomic E-state index is 13.0. The first-order valence-corrected chi connectivity index (χ1v) is 9.86. The predicted molar refractivity (Wildman–Crippen MR) is 105 cm³/mol. The second kappa shape index (κ2) is 8.32. The Hall–Kier alpha value is -3.04. The van der Waals surface area contributed by atoms with E-state index < -0.39 is 10.0 Å². The van der Waals surface area contributed by atoms with Gasteiger partial charge in [0.05, 0.1) is 31.3 Å². The minimum absolute atomic E-state index is 0.0124. The third-order valence-corrected chi connectivity index (χ3v) is 5.25. The van der Waals surface area contributed by atoms with E-state index in [1.165, 1.54) is 19.4 Å². The molecule has 8 nitrogen and oxygen atoms in total. The maximum Gasteiger partial charge on any atom is 0.265 e. The lowest BCUT2D eigenvalue weighted by atomic mass is 10.1. The van der Waals surface area contributed by atoms with Crippen molar-refractivity contribution in [1.29, 1.82) is 0 Å². The van der Waals surface area contributed by atoms with Gasteiger partial charge in [0.15, 0.2) is 0 Å². The van der Waals surface area contributed by atoms with Gasteiger partial charge in [-0.15, -0.1) is 0 Å². The van der Waals surface area contributed by atoms with Gasteiger partial charge >= 0.3 is 0 Å². The molecule has 28 heavy (non-hydrogen) atoms. The molecule has 2 heterocycles. The summed E-state index contributed by atoms with van der Waals surface area (Å²) in [5.41, 5.74) is 2.59. The normalized spacial score (nSPS) is 11.2. The second-order valence-corrected chi connectivity index (χ2v) is 7.61. The minimum atomic E-state index is -3.98. The minimum Gasteiger partial charge on any atom is -0.478 e. The highest BCUT2D eigenvalue weighted by Crippen LogP contribution is 2.28. The molecule has 3 rings (SSSR count). The summed E-state index contributed by atoms with van der Waals surface area (Å²) in [7, 11) is -0.960. The summed E-state index contributed by atoms with van der Waals surface area (Å²) in [5, 5.41) is 0. The molecule has 0 aliphatic rings. The molecule has 146 valence electrons. The van der Waals surface area contributed by atoms with Crippen molar-refractivity contribution >= 4 is 15.8 Å². The van der Waals surface area contributed by atoms with E-state index in [1.54, 1.807) is 26.3 Å². The Labute approximate surface area is 163 Å². The van der Waals surface area contributed by atoms with Crippen molar-refractivity contribution in [2.24, 2.45) is 0 Å². The quantitative estimate of drug-likeness (QED) is 0.650. The molecule has 1 aromatic carbocycles. The molecule has 0 bridgehead atoms. The number of nitrogens with zero attached hydrogens (tertiary/aromatic N) is 3. The Bertz CT molecular complexity index is 1070. The monoisotopic (exact) mass is 400 g/mol. The standard InChI is InChI=1S/C19H20N4O4S/c1-13-11-21-18(19(22-13)27-3)23-28(24,25)16-5-4-10-20-17(16)15-8-6-14(7-9-15)12-26-2/h4-11H,12H2,1-3H3,(H,21,23). The molecule has 0 aliphatic carbocycles. The summed E-state index contributed by atoms with van der Waals surface area (Å²) in [6, 6.07) is 10.4. The molecule has 9 heteroatoms. The molecule has 0 atom stereocenters. The number of rotatable bonds is 7. The van der Waals surface area contributed by atoms with Gasteiger partial charge in [0, 0.05) is 18.9 Å². The van der Waals surface area contributed by atoms with Gasteiger partial charge in [0.2, 0.25) is 5.82 Å². The number of sulfonamides is 1. The second-order valence-electron chi connectivity index (χ2n) is 5.95. The topological polar surface area (TPSA) is 103 Å². The van der Waals surface area contributed by atoms with Gasteiger partial charge in [-0.2, -0.15) is 0 Å². The van der Waals surface area contributed by atoms with Crippen LogP contribution >= 0.6 is 0 Å². The molecule has 0 amide bonds. The summed E-state index contributed by atoms with van der Waals surface area (Å²) < 4.78 is 38.7. The van der Waals surface area contributed by atoms with Crippen LogP contribution in [0.25, 0.3) is 11.3 Å². The van der Waals surface area contributed by atoms with E-state index in [4.69, 9.17) is 9.47 Å². The van der Waals surface area contributed by atoms with Crippen molar-refractivity contribution in [3.63, 3.8) is 0 Å². The molecular formula is C19H20N4O4S. The van der Waals surface area contributed by atoms with Gasteiger partial charge in [0.1, 0.15) is 4.90 Å². The summed E-state index contributed by atoms with van der Waals surface area (Å²) >= 11 is 0. The van der Waals surface area contributed by atoms with Crippen molar-refractivity contribution < 1.29 is 17.9 Å². The smallest absolute Gasteiger partial charge is 0.265 e. The molecule has 2 aromatic heterocycles. The Morgan fingerprint density at radius 1 is 1.07 bits per heavy atom. The lowest BCUT2D eigenvalue weighted by Crippen LogP contribution is -2.16. The van der Waals surface area contributed by atoms with E-state index in [0.717, 1.165) is 5.56 Å². The van der Waals surface area contributed by atoms with Crippen LogP contribution in [0, 0.1) is 6.92 Å². The number of methoxy groups -OCH3 is 2. The van der Waals surface area contributed by atoms with Gasteiger partial charge in [-0.1, -0.05) is 24.3 Å². The summed E-state index contributed by atoms with van der Waals surface area (Å²) in [5.74, 6) is 0.108. The number of aryl methyl sites for hydroxylation is 1. The van der Waals surface area contributed by atoms with Crippen LogP contribution in [-0.4, -0.2) is 37.6 Å². The highest BCUT2D eigenvalue weighted by Gasteiger charge is 2.23. The number of nitrogens with one attached hydrogen (secondary N) is 1. The molecule has 0 radical (unpaired) electrons. The zero-order valence-electron chi connectivity index (χ0n) is 15.7. The van der Waals surface area contributed by atoms with Crippen LogP contribution in [0.4, 0.5) is 5.82 Å². The third-order valence-electron chi connectivity index (χ3n) is 3.88. The zero-order chi connectivity index (χ0) is 20.1. The van der Waals surface area contributed by atoms with Crippen LogP contribution in [0.15, 0.2) is 53.7 Å². The highest BCUT2D eigenvalue weighted by molar-refractivity contribution is 7.92. The van der Waals surface area contributed by atoms with Crippen molar-refractivity contribution in [1.82, 2.24) is 15.0 Å². The fourth-order valence-corrected chi connectivity index (χ4v) is 3.79. The zero-order valence-corrected chi connectivity index (χ0v) is 16.5. The Balaban J connectivity index is 1.99. The van der Waals surface area contributed by atoms with Crippen molar-refractivity contribution in [2.75, 3.05) is 18.9 Å². The van der Waals surface area contributed by atoms with E-state index in [2.05, 4.69) is 19.7 Å². The number of ether oxygens (including phenoxy) is 2. The fourth-order valence-electron chi connectivity index (χ4n) is 2.60. The lowest BCUT2D eigenvalue weighted by Gasteiger charge is -2.13. The molecule has 0 saturated carbocycles. The Morgan fingerprint density at radius 2 is 1.82 bits per heavy atom. The largest absolute Gasteiger partial charge is 0.478 e. The maximum absolute atomic E-state index is 13.0. The highest BCUT2D eigenvalue weighted by atomic mass is 32.2. The van der Waals surface area contributed by atoms with Gasteiger partial charge < -0.3 is 9.47 Å². The molecule has 0 fully saturated rings. The van der Waals surface area contributed by atoms with Crippen molar-refractivity contribution in [3.05, 3.63) is 60.0 Å². The Kier molecular flexibility index (Phi) is 5.86. The molecule has 1 N–H and O–H groups in total. The van der Waals surface area contributed by atoms with E-state index in [-0.39, 0.29) is 16.6 Å². The van der Waals surface area contributed by atoms with Gasteiger partial charge in [-0.25, -0.2) is 18.4 Å². The average molecular weight is 400 g/mol. The Morgan fingerprint density at radius 3 is 2.50 bits per heavy atom. The number of anilines is 1. The van der Waals surface area contributed by atoms with Crippen LogP contribution in [0.1, 0.15) is 11.3 Å². The molecule has 0 saturated heterocycles. The van der Waals surface area contributed by atoms with E-state index in [0.29, 0.717) is 23.6 Å². The summed E-state index contributed by atoms with van der Waals surface area (Å²) in [4.78, 5) is 12.5. The number of hydrogen-bond donors (Lipinski definition) is 1. The van der Waals surface area contributed by atoms with Crippen LogP contribution in [0.3, 0.4) is 0 Å². The number of aromatic nitrogens is 3. The molecule has 0 spiro atoms. The first-order chi connectivity index (χ1) is 13.4. The van der Waals surface area contributed by atoms with Gasteiger partial charge in [-0.05, 0) is 24.6 Å². The lowest BCUT2D eigenvalue weighted by molar-refractivity contribution is 0.185. The van der Waals surface area contributed by atoms with E-state index in [9.17, 15) is 8.42 Å².